The van der Waals surface area contributed by atoms with Gasteiger partial charge < -0.3 is 14.4 Å². The molecule has 0 heterocycles. The van der Waals surface area contributed by atoms with Crippen LogP contribution in [0.5, 0.6) is 11.5 Å². The average Bonchev–Trinajstić information content (AvgIpc) is 2.59. The highest BCUT2D eigenvalue weighted by atomic mass is 79.9. The molecule has 5 rings (SSSR count). The Bertz CT molecular complexity index is 758. The molecule has 0 aliphatic heterocycles. The van der Waals surface area contributed by atoms with E-state index in [1.54, 1.807) is 17.0 Å². The number of carbonyl (C=O) groups is 1. The van der Waals surface area contributed by atoms with E-state index in [0.29, 0.717) is 18.4 Å². The van der Waals surface area contributed by atoms with Gasteiger partial charge in [0.15, 0.2) is 11.5 Å². The number of ether oxygens (including phenoxy) is 2. The lowest BCUT2D eigenvalue weighted by Gasteiger charge is -2.60. The van der Waals surface area contributed by atoms with Gasteiger partial charge in [-0.15, -0.1) is 0 Å². The number of hydrogen-bond acceptors (Lipinski definition) is 3. The number of amides is 1. The lowest BCUT2D eigenvalue weighted by Crippen LogP contribution is -2.58. The van der Waals surface area contributed by atoms with Gasteiger partial charge in [-0.05, 0) is 68.1 Å². The molecule has 0 spiro atoms. The minimum absolute atomic E-state index is 0.00227. The molecular weight excluding hydrogens is 432 g/mol. The van der Waals surface area contributed by atoms with E-state index < -0.39 is 6.61 Å². The predicted octanol–water partition coefficient (Wildman–Crippen LogP) is 4.99. The fourth-order valence-corrected chi connectivity index (χ4v) is 7.61. The highest BCUT2D eigenvalue weighted by molar-refractivity contribution is 9.10. The first-order valence-corrected chi connectivity index (χ1v) is 10.6. The van der Waals surface area contributed by atoms with Crippen LogP contribution in [0.1, 0.15) is 44.1 Å². The van der Waals surface area contributed by atoms with Crippen LogP contribution < -0.4 is 9.47 Å². The molecule has 1 aromatic rings. The summed E-state index contributed by atoms with van der Waals surface area (Å²) in [6, 6.07) is 4.83. The zero-order valence-corrected chi connectivity index (χ0v) is 17.8. The average molecular weight is 458 g/mol. The lowest BCUT2D eigenvalue weighted by molar-refractivity contribution is -0.154. The molecular formula is C21H26BrF2NO3. The van der Waals surface area contributed by atoms with Crippen molar-refractivity contribution >= 4 is 21.8 Å². The molecule has 28 heavy (non-hydrogen) atoms. The van der Waals surface area contributed by atoms with E-state index >= 15 is 0 Å². The first-order chi connectivity index (χ1) is 13.2. The fourth-order valence-electron chi connectivity index (χ4n) is 6.16. The molecule has 1 aromatic carbocycles. The van der Waals surface area contributed by atoms with Gasteiger partial charge in [0.2, 0.25) is 5.91 Å². The number of nitrogens with zero attached hydrogens (tertiary/aromatic N) is 1. The summed E-state index contributed by atoms with van der Waals surface area (Å²) in [6.45, 7) is -2.49. The van der Waals surface area contributed by atoms with Crippen molar-refractivity contribution < 1.29 is 23.0 Å². The van der Waals surface area contributed by atoms with Crippen molar-refractivity contribution in [2.75, 3.05) is 14.2 Å². The Labute approximate surface area is 172 Å². The van der Waals surface area contributed by atoms with Crippen LogP contribution in [0.15, 0.2) is 18.2 Å². The van der Waals surface area contributed by atoms with Crippen LogP contribution in [0.25, 0.3) is 0 Å². The van der Waals surface area contributed by atoms with Gasteiger partial charge in [-0.2, -0.15) is 8.78 Å². The van der Waals surface area contributed by atoms with Gasteiger partial charge in [0.1, 0.15) is 0 Å². The smallest absolute Gasteiger partial charge is 0.387 e. The number of rotatable bonds is 6. The van der Waals surface area contributed by atoms with Gasteiger partial charge in [0.05, 0.1) is 12.5 Å². The Morgan fingerprint density at radius 2 is 1.93 bits per heavy atom. The molecule has 4 saturated carbocycles. The first kappa shape index (κ1) is 19.9. The Balaban J connectivity index is 1.49. The Kier molecular flexibility index (Phi) is 5.09. The second kappa shape index (κ2) is 7.15. The maximum atomic E-state index is 13.5. The van der Waals surface area contributed by atoms with E-state index in [0.717, 1.165) is 24.8 Å². The second-order valence-corrected chi connectivity index (χ2v) is 10.6. The Morgan fingerprint density at radius 3 is 2.50 bits per heavy atom. The molecule has 4 aliphatic rings. The summed E-state index contributed by atoms with van der Waals surface area (Å²) in [5.74, 6) is 1.73. The third-order valence-electron chi connectivity index (χ3n) is 6.65. The van der Waals surface area contributed by atoms with Crippen LogP contribution >= 0.6 is 15.9 Å². The molecule has 4 bridgehead atoms. The second-order valence-electron chi connectivity index (χ2n) is 8.92. The topological polar surface area (TPSA) is 38.8 Å². The summed E-state index contributed by atoms with van der Waals surface area (Å²) in [4.78, 5) is 15.2. The van der Waals surface area contributed by atoms with Gasteiger partial charge in [0.25, 0.3) is 0 Å². The van der Waals surface area contributed by atoms with Crippen molar-refractivity contribution in [1.29, 1.82) is 0 Å². The molecule has 0 saturated heterocycles. The van der Waals surface area contributed by atoms with Gasteiger partial charge in [-0.1, -0.05) is 22.0 Å². The van der Waals surface area contributed by atoms with E-state index in [-0.39, 0.29) is 27.1 Å². The number of hydrogen-bond donors (Lipinski definition) is 0. The minimum atomic E-state index is -2.91. The normalized spacial score (nSPS) is 33.2. The van der Waals surface area contributed by atoms with Crippen molar-refractivity contribution in [1.82, 2.24) is 4.90 Å². The third kappa shape index (κ3) is 3.62. The van der Waals surface area contributed by atoms with Gasteiger partial charge in [-0.3, -0.25) is 4.79 Å². The van der Waals surface area contributed by atoms with Crippen LogP contribution in [0, 0.1) is 17.3 Å². The highest BCUT2D eigenvalue weighted by Gasteiger charge is 2.60. The molecule has 2 atom stereocenters. The molecule has 4 aliphatic carbocycles. The maximum absolute atomic E-state index is 13.5. The number of carbonyl (C=O) groups excluding carboxylic acids is 1. The Morgan fingerprint density at radius 1 is 1.25 bits per heavy atom. The van der Waals surface area contributed by atoms with Crippen molar-refractivity contribution in [2.45, 2.75) is 56.0 Å². The highest BCUT2D eigenvalue weighted by Crippen LogP contribution is 2.64. The summed E-state index contributed by atoms with van der Waals surface area (Å²) in [5, 5.41) is 0. The molecule has 0 radical (unpaired) electrons. The van der Waals surface area contributed by atoms with Crippen LogP contribution in [-0.4, -0.2) is 35.9 Å². The molecule has 154 valence electrons. The maximum Gasteiger partial charge on any atom is 0.387 e. The summed E-state index contributed by atoms with van der Waals surface area (Å²) >= 11 is 3.96. The third-order valence-corrected chi connectivity index (χ3v) is 7.58. The SMILES string of the molecule is COc1cc(CN(C)C(=O)C23CC4CC(CC(Br)(C4)C2)C3)ccc1OC(F)F. The molecule has 4 fully saturated rings. The first-order valence-electron chi connectivity index (χ1n) is 9.78. The van der Waals surface area contributed by atoms with Gasteiger partial charge >= 0.3 is 6.61 Å². The van der Waals surface area contributed by atoms with Gasteiger partial charge in [-0.25, -0.2) is 0 Å². The minimum Gasteiger partial charge on any atom is -0.493 e. The van der Waals surface area contributed by atoms with Gasteiger partial charge in [0, 0.05) is 17.9 Å². The number of halogens is 3. The Hall–Kier alpha value is -1.37. The fraction of sp³-hybridized carbons (Fsp3) is 0.667. The zero-order chi connectivity index (χ0) is 20.1. The lowest BCUT2D eigenvalue weighted by atomic mass is 9.49. The molecule has 4 nitrogen and oxygen atoms in total. The standard InChI is InChI=1S/C21H26BrF2NO3/c1-25(11-13-3-4-16(28-19(23)24)17(6-13)27-2)18(26)20-7-14-5-15(8-20)10-21(22,9-14)12-20/h3-4,6,14-15,19H,5,7-12H2,1-2H3. The quantitative estimate of drug-likeness (QED) is 0.564. The monoisotopic (exact) mass is 457 g/mol. The molecule has 7 heteroatoms. The van der Waals surface area contributed by atoms with E-state index in [4.69, 9.17) is 4.74 Å². The van der Waals surface area contributed by atoms with Crippen LogP contribution in [-0.2, 0) is 11.3 Å². The number of benzene rings is 1. The molecule has 2 unspecified atom stereocenters. The van der Waals surface area contributed by atoms with Crippen molar-refractivity contribution in [2.24, 2.45) is 17.3 Å². The van der Waals surface area contributed by atoms with Crippen LogP contribution in [0.3, 0.4) is 0 Å². The summed E-state index contributed by atoms with van der Waals surface area (Å²) in [6.07, 6.45) is 6.53. The summed E-state index contributed by atoms with van der Waals surface area (Å²) in [5.41, 5.74) is 0.568. The zero-order valence-electron chi connectivity index (χ0n) is 16.2. The van der Waals surface area contributed by atoms with Crippen LogP contribution in [0.4, 0.5) is 8.78 Å². The largest absolute Gasteiger partial charge is 0.493 e. The van der Waals surface area contributed by atoms with E-state index in [9.17, 15) is 13.6 Å². The van der Waals surface area contributed by atoms with E-state index in [1.165, 1.54) is 32.4 Å². The van der Waals surface area contributed by atoms with Crippen LogP contribution in [0.2, 0.25) is 0 Å². The van der Waals surface area contributed by atoms with E-state index in [2.05, 4.69) is 20.7 Å². The molecule has 0 aromatic heterocycles. The number of methoxy groups -OCH3 is 1. The molecule has 1 amide bonds. The van der Waals surface area contributed by atoms with Crippen molar-refractivity contribution in [3.8, 4) is 11.5 Å². The van der Waals surface area contributed by atoms with Crippen molar-refractivity contribution in [3.63, 3.8) is 0 Å². The number of alkyl halides is 3. The predicted molar refractivity (Wildman–Crippen MR) is 105 cm³/mol. The van der Waals surface area contributed by atoms with Crippen molar-refractivity contribution in [3.05, 3.63) is 23.8 Å². The summed E-state index contributed by atoms with van der Waals surface area (Å²) < 4.78 is 34.8. The molecule has 0 N–H and O–H groups in total. The van der Waals surface area contributed by atoms with E-state index in [1.807, 2.05) is 7.05 Å². The summed E-state index contributed by atoms with van der Waals surface area (Å²) in [7, 11) is 3.25.